The van der Waals surface area contributed by atoms with Gasteiger partial charge in [-0.15, -0.1) is 12.4 Å². The molecule has 6 nitrogen and oxygen atoms in total. The standard InChI is InChI=1S/C16H19FN4O2.ClH/c1-10-7-11(17)4-5-13(10)21-9-14(22)15(20-21)16(23)19-12-3-2-6-18-8-12;/h4-5,7,9,12,18,22H,2-3,6,8H2,1H3,(H,19,23);1H. The molecule has 1 aromatic heterocycles. The molecule has 130 valence electrons. The van der Waals surface area contributed by atoms with Crippen molar-refractivity contribution in [3.8, 4) is 11.4 Å². The number of aryl methyl sites for hydroxylation is 1. The molecule has 1 unspecified atom stereocenters. The molecule has 1 fully saturated rings. The predicted molar refractivity (Wildman–Crippen MR) is 90.5 cm³/mol. The van der Waals surface area contributed by atoms with Gasteiger partial charge in [-0.05, 0) is 50.1 Å². The Balaban J connectivity index is 0.00000208. The van der Waals surface area contributed by atoms with Crippen LogP contribution in [0.1, 0.15) is 28.9 Å². The zero-order valence-electron chi connectivity index (χ0n) is 13.3. The highest BCUT2D eigenvalue weighted by molar-refractivity contribution is 5.95. The Morgan fingerprint density at radius 2 is 2.29 bits per heavy atom. The third kappa shape index (κ3) is 3.85. The molecular weight excluding hydrogens is 335 g/mol. The van der Waals surface area contributed by atoms with Gasteiger partial charge in [-0.1, -0.05) is 0 Å². The normalized spacial score (nSPS) is 17.2. The number of hydrogen-bond donors (Lipinski definition) is 3. The smallest absolute Gasteiger partial charge is 0.275 e. The molecule has 0 spiro atoms. The minimum Gasteiger partial charge on any atom is -0.504 e. The van der Waals surface area contributed by atoms with Gasteiger partial charge in [-0.3, -0.25) is 4.79 Å². The Kier molecular flexibility index (Phi) is 5.80. The molecule has 1 atom stereocenters. The second-order valence-corrected chi connectivity index (χ2v) is 5.76. The van der Waals surface area contributed by atoms with Gasteiger partial charge in [-0.25, -0.2) is 9.07 Å². The summed E-state index contributed by atoms with van der Waals surface area (Å²) in [6, 6.07) is 4.29. The van der Waals surface area contributed by atoms with E-state index in [4.69, 9.17) is 0 Å². The van der Waals surface area contributed by atoms with E-state index in [9.17, 15) is 14.3 Å². The number of halogens is 2. The number of hydrogen-bond acceptors (Lipinski definition) is 4. The number of piperidine rings is 1. The van der Waals surface area contributed by atoms with E-state index in [0.717, 1.165) is 19.4 Å². The summed E-state index contributed by atoms with van der Waals surface area (Å²) < 4.78 is 14.6. The Labute approximate surface area is 145 Å². The van der Waals surface area contributed by atoms with Gasteiger partial charge in [0.15, 0.2) is 11.4 Å². The lowest BCUT2D eigenvalue weighted by molar-refractivity contribution is 0.0922. The molecule has 1 amide bonds. The average Bonchev–Trinajstić information content (AvgIpc) is 2.90. The molecule has 1 aliphatic heterocycles. The van der Waals surface area contributed by atoms with Crippen molar-refractivity contribution in [2.24, 2.45) is 0 Å². The molecule has 1 aliphatic rings. The van der Waals surface area contributed by atoms with Gasteiger partial charge >= 0.3 is 0 Å². The summed E-state index contributed by atoms with van der Waals surface area (Å²) in [6.45, 7) is 3.41. The predicted octanol–water partition coefficient (Wildman–Crippen LogP) is 1.93. The molecule has 2 aromatic rings. The van der Waals surface area contributed by atoms with Gasteiger partial charge in [0, 0.05) is 12.6 Å². The van der Waals surface area contributed by atoms with Gasteiger partial charge in [0.2, 0.25) is 0 Å². The maximum atomic E-state index is 13.2. The van der Waals surface area contributed by atoms with Crippen LogP contribution in [-0.2, 0) is 0 Å². The number of nitrogens with zero attached hydrogens (tertiary/aromatic N) is 2. The van der Waals surface area contributed by atoms with Gasteiger partial charge < -0.3 is 15.7 Å². The Hall–Kier alpha value is -2.12. The number of carbonyl (C=O) groups excluding carboxylic acids is 1. The highest BCUT2D eigenvalue weighted by Gasteiger charge is 2.22. The zero-order valence-corrected chi connectivity index (χ0v) is 14.1. The maximum absolute atomic E-state index is 13.2. The van der Waals surface area contributed by atoms with E-state index < -0.39 is 5.91 Å². The summed E-state index contributed by atoms with van der Waals surface area (Å²) in [5.74, 6) is -0.949. The van der Waals surface area contributed by atoms with E-state index in [1.54, 1.807) is 13.0 Å². The van der Waals surface area contributed by atoms with Crippen LogP contribution in [0.3, 0.4) is 0 Å². The molecule has 0 bridgehead atoms. The number of nitrogens with one attached hydrogen (secondary N) is 2. The monoisotopic (exact) mass is 354 g/mol. The molecule has 3 N–H and O–H groups in total. The number of amides is 1. The third-order valence-electron chi connectivity index (χ3n) is 3.95. The summed E-state index contributed by atoms with van der Waals surface area (Å²) >= 11 is 0. The fraction of sp³-hybridized carbons (Fsp3) is 0.375. The van der Waals surface area contributed by atoms with Gasteiger partial charge in [0.25, 0.3) is 5.91 Å². The van der Waals surface area contributed by atoms with Crippen LogP contribution in [0.2, 0.25) is 0 Å². The van der Waals surface area contributed by atoms with Crippen LogP contribution in [-0.4, -0.2) is 39.9 Å². The number of carbonyl (C=O) groups is 1. The summed E-state index contributed by atoms with van der Waals surface area (Å²) in [4.78, 5) is 12.3. The number of rotatable bonds is 3. The van der Waals surface area contributed by atoms with E-state index in [1.807, 2.05) is 0 Å². The molecule has 0 saturated carbocycles. The topological polar surface area (TPSA) is 79.2 Å². The van der Waals surface area contributed by atoms with Crippen molar-refractivity contribution in [1.29, 1.82) is 0 Å². The fourth-order valence-electron chi connectivity index (χ4n) is 2.75. The van der Waals surface area contributed by atoms with Gasteiger partial charge in [0.05, 0.1) is 11.9 Å². The highest BCUT2D eigenvalue weighted by Crippen LogP contribution is 2.21. The maximum Gasteiger partial charge on any atom is 0.275 e. The van der Waals surface area contributed by atoms with Gasteiger partial charge in [-0.2, -0.15) is 5.10 Å². The third-order valence-corrected chi connectivity index (χ3v) is 3.95. The lowest BCUT2D eigenvalue weighted by atomic mass is 10.1. The highest BCUT2D eigenvalue weighted by atomic mass is 35.5. The average molecular weight is 355 g/mol. The summed E-state index contributed by atoms with van der Waals surface area (Å²) in [7, 11) is 0. The summed E-state index contributed by atoms with van der Waals surface area (Å²) in [5, 5.41) is 20.2. The van der Waals surface area contributed by atoms with E-state index in [2.05, 4.69) is 15.7 Å². The largest absolute Gasteiger partial charge is 0.504 e. The van der Waals surface area contributed by atoms with Crippen molar-refractivity contribution in [3.63, 3.8) is 0 Å². The molecule has 0 radical (unpaired) electrons. The van der Waals surface area contributed by atoms with Crippen LogP contribution >= 0.6 is 12.4 Å². The van der Waals surface area contributed by atoms with Crippen molar-refractivity contribution in [3.05, 3.63) is 41.5 Å². The molecule has 0 aliphatic carbocycles. The van der Waals surface area contributed by atoms with Crippen LogP contribution in [0, 0.1) is 12.7 Å². The zero-order chi connectivity index (χ0) is 16.4. The quantitative estimate of drug-likeness (QED) is 0.787. The molecule has 24 heavy (non-hydrogen) atoms. The summed E-state index contributed by atoms with van der Waals surface area (Å²) in [6.07, 6.45) is 3.26. The number of aromatic nitrogens is 2. The van der Waals surface area contributed by atoms with Crippen molar-refractivity contribution >= 4 is 18.3 Å². The second-order valence-electron chi connectivity index (χ2n) is 5.76. The minimum atomic E-state index is -0.408. The molecule has 2 heterocycles. The van der Waals surface area contributed by atoms with Crippen molar-refractivity contribution in [2.45, 2.75) is 25.8 Å². The lowest BCUT2D eigenvalue weighted by Gasteiger charge is -2.23. The van der Waals surface area contributed by atoms with E-state index >= 15 is 0 Å². The molecule has 8 heteroatoms. The lowest BCUT2D eigenvalue weighted by Crippen LogP contribution is -2.45. The SMILES string of the molecule is Cc1cc(F)ccc1-n1cc(O)c(C(=O)NC2CCCNC2)n1.Cl. The molecular formula is C16H20ClFN4O2. The van der Waals surface area contributed by atoms with Crippen molar-refractivity contribution in [2.75, 3.05) is 13.1 Å². The molecule has 3 rings (SSSR count). The van der Waals surface area contributed by atoms with Crippen LogP contribution in [0.25, 0.3) is 5.69 Å². The van der Waals surface area contributed by atoms with Crippen molar-refractivity contribution in [1.82, 2.24) is 20.4 Å². The Morgan fingerprint density at radius 1 is 1.50 bits per heavy atom. The van der Waals surface area contributed by atoms with Gasteiger partial charge in [0.1, 0.15) is 5.82 Å². The first-order chi connectivity index (χ1) is 11.0. The second kappa shape index (κ2) is 7.63. The first-order valence-corrected chi connectivity index (χ1v) is 7.61. The minimum absolute atomic E-state index is 0. The molecule has 1 saturated heterocycles. The number of aromatic hydroxyl groups is 1. The Morgan fingerprint density at radius 3 is 2.96 bits per heavy atom. The number of benzene rings is 1. The Bertz CT molecular complexity index is 729. The van der Waals surface area contributed by atoms with Crippen LogP contribution < -0.4 is 10.6 Å². The van der Waals surface area contributed by atoms with Crippen LogP contribution in [0.4, 0.5) is 4.39 Å². The van der Waals surface area contributed by atoms with Crippen LogP contribution in [0.5, 0.6) is 5.75 Å². The molecule has 1 aromatic carbocycles. The van der Waals surface area contributed by atoms with Crippen LogP contribution in [0.15, 0.2) is 24.4 Å². The van der Waals surface area contributed by atoms with E-state index in [1.165, 1.54) is 23.0 Å². The first-order valence-electron chi connectivity index (χ1n) is 7.61. The van der Waals surface area contributed by atoms with E-state index in [0.29, 0.717) is 17.8 Å². The first kappa shape index (κ1) is 18.2. The van der Waals surface area contributed by atoms with E-state index in [-0.39, 0.29) is 35.7 Å². The van der Waals surface area contributed by atoms with Crippen molar-refractivity contribution < 1.29 is 14.3 Å². The summed E-state index contributed by atoms with van der Waals surface area (Å²) in [5.41, 5.74) is 1.25. The fourth-order valence-corrected chi connectivity index (χ4v) is 2.75.